The van der Waals surface area contributed by atoms with Crippen LogP contribution in [-0.4, -0.2) is 52.2 Å². The van der Waals surface area contributed by atoms with Gasteiger partial charge in [-0.1, -0.05) is 32.9 Å². The minimum absolute atomic E-state index is 0.0192. The van der Waals surface area contributed by atoms with Crippen LogP contribution in [0.15, 0.2) is 30.6 Å². The third-order valence-electron chi connectivity index (χ3n) is 6.00. The Hall–Kier alpha value is -2.51. The number of anilines is 2. The van der Waals surface area contributed by atoms with Gasteiger partial charge < -0.3 is 15.2 Å². The van der Waals surface area contributed by atoms with E-state index in [-0.39, 0.29) is 18.4 Å². The van der Waals surface area contributed by atoms with Crippen LogP contribution in [0.25, 0.3) is 0 Å². The summed E-state index contributed by atoms with van der Waals surface area (Å²) < 4.78 is 5.55. The summed E-state index contributed by atoms with van der Waals surface area (Å²) in [5.74, 6) is 0.0230. The molecule has 168 valence electrons. The number of aromatic nitrogens is 2. The lowest BCUT2D eigenvalue weighted by Crippen LogP contribution is -2.39. The molecule has 2 heterocycles. The van der Waals surface area contributed by atoms with Crippen LogP contribution < -0.4 is 5.32 Å². The van der Waals surface area contributed by atoms with E-state index >= 15 is 0 Å². The van der Waals surface area contributed by atoms with E-state index < -0.39 is 5.97 Å². The zero-order chi connectivity index (χ0) is 22.2. The van der Waals surface area contributed by atoms with Gasteiger partial charge in [0.05, 0.1) is 37.7 Å². The molecule has 0 spiro atoms. The number of hydrogen-bond acceptors (Lipinski definition) is 6. The van der Waals surface area contributed by atoms with Crippen LogP contribution in [0.5, 0.6) is 0 Å². The SMILES string of the molecule is CCc1ncc(Nc2cc([C@H](CC)CC(=O)O)ccc2[C@@H](CC)N2CCOCC2)cn1. The van der Waals surface area contributed by atoms with Crippen molar-refractivity contribution < 1.29 is 14.6 Å². The average Bonchev–Trinajstić information content (AvgIpc) is 2.80. The maximum absolute atomic E-state index is 11.4. The van der Waals surface area contributed by atoms with Crippen molar-refractivity contribution in [3.63, 3.8) is 0 Å². The van der Waals surface area contributed by atoms with Crippen LogP contribution in [-0.2, 0) is 16.0 Å². The number of aryl methyl sites for hydroxylation is 1. The third-order valence-corrected chi connectivity index (χ3v) is 6.00. The van der Waals surface area contributed by atoms with Crippen molar-refractivity contribution in [2.24, 2.45) is 0 Å². The highest BCUT2D eigenvalue weighted by atomic mass is 16.5. The molecule has 0 aliphatic carbocycles. The normalized spacial score (nSPS) is 16.6. The maximum Gasteiger partial charge on any atom is 0.303 e. The van der Waals surface area contributed by atoms with Gasteiger partial charge >= 0.3 is 5.97 Å². The molecule has 1 saturated heterocycles. The quantitative estimate of drug-likeness (QED) is 0.577. The topological polar surface area (TPSA) is 87.6 Å². The number of morpholine rings is 1. The smallest absolute Gasteiger partial charge is 0.303 e. The Morgan fingerprint density at radius 1 is 1.16 bits per heavy atom. The molecule has 31 heavy (non-hydrogen) atoms. The van der Waals surface area contributed by atoms with E-state index in [1.807, 2.05) is 26.2 Å². The van der Waals surface area contributed by atoms with Crippen molar-refractivity contribution in [3.8, 4) is 0 Å². The second-order valence-electron chi connectivity index (χ2n) is 7.99. The van der Waals surface area contributed by atoms with E-state index in [9.17, 15) is 9.90 Å². The zero-order valence-corrected chi connectivity index (χ0v) is 18.8. The van der Waals surface area contributed by atoms with Gasteiger partial charge in [0.25, 0.3) is 0 Å². The zero-order valence-electron chi connectivity index (χ0n) is 18.8. The molecule has 2 N–H and O–H groups in total. The van der Waals surface area contributed by atoms with E-state index in [1.54, 1.807) is 0 Å². The Labute approximate surface area is 184 Å². The monoisotopic (exact) mass is 426 g/mol. The number of nitrogens with zero attached hydrogens (tertiary/aromatic N) is 3. The van der Waals surface area contributed by atoms with Gasteiger partial charge in [0.1, 0.15) is 5.82 Å². The fourth-order valence-electron chi connectivity index (χ4n) is 4.26. The largest absolute Gasteiger partial charge is 0.481 e. The Bertz CT molecular complexity index is 850. The van der Waals surface area contributed by atoms with E-state index in [2.05, 4.69) is 45.3 Å². The molecule has 1 aromatic carbocycles. The van der Waals surface area contributed by atoms with Gasteiger partial charge in [-0.3, -0.25) is 9.69 Å². The molecule has 0 amide bonds. The number of ether oxygens (including phenoxy) is 1. The Morgan fingerprint density at radius 3 is 2.45 bits per heavy atom. The van der Waals surface area contributed by atoms with Crippen LogP contribution in [0.2, 0.25) is 0 Å². The average molecular weight is 427 g/mol. The lowest BCUT2D eigenvalue weighted by atomic mass is 9.90. The molecule has 1 aliphatic rings. The van der Waals surface area contributed by atoms with Crippen LogP contribution in [0.1, 0.15) is 68.9 Å². The van der Waals surface area contributed by atoms with E-state index in [4.69, 9.17) is 4.74 Å². The van der Waals surface area contributed by atoms with Crippen molar-refractivity contribution in [1.29, 1.82) is 0 Å². The van der Waals surface area contributed by atoms with Crippen LogP contribution in [0, 0.1) is 0 Å². The van der Waals surface area contributed by atoms with Gasteiger partial charge in [-0.2, -0.15) is 0 Å². The summed E-state index contributed by atoms with van der Waals surface area (Å²) in [5, 5.41) is 12.9. The molecule has 1 aliphatic heterocycles. The Balaban J connectivity index is 1.97. The first-order chi connectivity index (χ1) is 15.0. The molecule has 0 radical (unpaired) electrons. The van der Waals surface area contributed by atoms with Gasteiger partial charge in [-0.15, -0.1) is 0 Å². The highest BCUT2D eigenvalue weighted by Gasteiger charge is 2.24. The molecule has 2 aromatic rings. The maximum atomic E-state index is 11.4. The van der Waals surface area contributed by atoms with E-state index in [0.717, 1.165) is 68.3 Å². The van der Waals surface area contributed by atoms with Crippen molar-refractivity contribution >= 4 is 17.3 Å². The van der Waals surface area contributed by atoms with Gasteiger partial charge in [0.15, 0.2) is 0 Å². The first-order valence-corrected chi connectivity index (χ1v) is 11.3. The second-order valence-corrected chi connectivity index (χ2v) is 7.99. The molecule has 2 atom stereocenters. The van der Waals surface area contributed by atoms with Gasteiger partial charge in [0.2, 0.25) is 0 Å². The summed E-state index contributed by atoms with van der Waals surface area (Å²) in [6, 6.07) is 6.63. The Kier molecular flexibility index (Phi) is 8.37. The molecule has 0 unspecified atom stereocenters. The standard InChI is InChI=1S/C24H34N4O3/c1-4-17(14-24(29)30)18-7-8-20(22(5-2)28-9-11-31-12-10-28)21(13-18)27-19-15-25-23(6-3)26-16-19/h7-8,13,15-17,22,27H,4-6,9-12,14H2,1-3H3,(H,29,30)/t17-,22-/m1/s1. The summed E-state index contributed by atoms with van der Waals surface area (Å²) >= 11 is 0. The minimum atomic E-state index is -0.770. The van der Waals surface area contributed by atoms with Crippen molar-refractivity contribution in [2.45, 2.75) is 58.4 Å². The van der Waals surface area contributed by atoms with Gasteiger partial charge in [-0.25, -0.2) is 9.97 Å². The van der Waals surface area contributed by atoms with Crippen LogP contribution in [0.3, 0.4) is 0 Å². The lowest BCUT2D eigenvalue weighted by Gasteiger charge is -2.35. The summed E-state index contributed by atoms with van der Waals surface area (Å²) in [6.07, 6.45) is 6.30. The first-order valence-electron chi connectivity index (χ1n) is 11.3. The summed E-state index contributed by atoms with van der Waals surface area (Å²) in [5.41, 5.74) is 4.07. The molecule has 3 rings (SSSR count). The van der Waals surface area contributed by atoms with Crippen LogP contribution >= 0.6 is 0 Å². The molecule has 1 aromatic heterocycles. The van der Waals surface area contributed by atoms with Gasteiger partial charge in [-0.05, 0) is 36.0 Å². The number of benzene rings is 1. The van der Waals surface area contributed by atoms with E-state index in [1.165, 1.54) is 5.56 Å². The van der Waals surface area contributed by atoms with Gasteiger partial charge in [0, 0.05) is 31.2 Å². The Morgan fingerprint density at radius 2 is 1.87 bits per heavy atom. The summed E-state index contributed by atoms with van der Waals surface area (Å²) in [4.78, 5) is 22.6. The number of hydrogen-bond donors (Lipinski definition) is 2. The number of carboxylic acid groups (broad SMARTS) is 1. The predicted octanol–water partition coefficient (Wildman–Crippen LogP) is 4.53. The molecule has 0 saturated carbocycles. The molecular formula is C24H34N4O3. The number of rotatable bonds is 10. The fourth-order valence-corrected chi connectivity index (χ4v) is 4.26. The van der Waals surface area contributed by atoms with Crippen LogP contribution in [0.4, 0.5) is 11.4 Å². The molecular weight excluding hydrogens is 392 g/mol. The summed E-state index contributed by atoms with van der Waals surface area (Å²) in [6.45, 7) is 9.59. The second kappa shape index (κ2) is 11.2. The number of aliphatic carboxylic acids is 1. The third kappa shape index (κ3) is 6.02. The highest BCUT2D eigenvalue weighted by Crippen LogP contribution is 2.36. The minimum Gasteiger partial charge on any atom is -0.481 e. The molecule has 1 fully saturated rings. The lowest BCUT2D eigenvalue weighted by molar-refractivity contribution is -0.137. The van der Waals surface area contributed by atoms with Crippen molar-refractivity contribution in [3.05, 3.63) is 47.5 Å². The number of carboxylic acids is 1. The predicted molar refractivity (Wildman–Crippen MR) is 122 cm³/mol. The number of nitrogens with one attached hydrogen (secondary N) is 1. The van der Waals surface area contributed by atoms with Crippen molar-refractivity contribution in [1.82, 2.24) is 14.9 Å². The molecule has 7 nitrogen and oxygen atoms in total. The summed E-state index contributed by atoms with van der Waals surface area (Å²) in [7, 11) is 0. The molecule has 7 heteroatoms. The van der Waals surface area contributed by atoms with Crippen molar-refractivity contribution in [2.75, 3.05) is 31.6 Å². The highest BCUT2D eigenvalue weighted by molar-refractivity contribution is 5.69. The number of carbonyl (C=O) groups is 1. The fraction of sp³-hybridized carbons (Fsp3) is 0.542. The molecule has 0 bridgehead atoms. The van der Waals surface area contributed by atoms with E-state index in [0.29, 0.717) is 0 Å². The first kappa shape index (κ1) is 23.2.